The lowest BCUT2D eigenvalue weighted by Crippen LogP contribution is -2.30. The minimum absolute atomic E-state index is 0.0257. The van der Waals surface area contributed by atoms with Crippen LogP contribution in [0, 0.1) is 12.8 Å². The van der Waals surface area contributed by atoms with Gasteiger partial charge >= 0.3 is 0 Å². The van der Waals surface area contributed by atoms with Crippen LogP contribution in [0.15, 0.2) is 18.2 Å². The van der Waals surface area contributed by atoms with Gasteiger partial charge < -0.3 is 10.6 Å². The first-order valence-corrected chi connectivity index (χ1v) is 6.71. The average Bonchev–Trinajstić information content (AvgIpc) is 2.19. The van der Waals surface area contributed by atoms with E-state index in [1.165, 1.54) is 26.2 Å². The Labute approximate surface area is 109 Å². The van der Waals surface area contributed by atoms with E-state index in [2.05, 4.69) is 23.6 Å². The van der Waals surface area contributed by atoms with Crippen molar-refractivity contribution >= 4 is 17.3 Å². The molecular weight excluding hydrogens is 224 g/mol. The fourth-order valence-corrected chi connectivity index (χ4v) is 2.36. The molecule has 0 aromatic heterocycles. The Morgan fingerprint density at radius 3 is 2.67 bits per heavy atom. The van der Waals surface area contributed by atoms with Crippen molar-refractivity contribution in [2.45, 2.75) is 46.1 Å². The molecule has 2 rings (SSSR count). The second-order valence-electron chi connectivity index (χ2n) is 5.33. The molecule has 1 atom stereocenters. The van der Waals surface area contributed by atoms with Crippen LogP contribution in [0.4, 0.5) is 11.4 Å². The number of benzene rings is 1. The van der Waals surface area contributed by atoms with E-state index >= 15 is 0 Å². The molecule has 3 nitrogen and oxygen atoms in total. The zero-order valence-electron chi connectivity index (χ0n) is 11.4. The lowest BCUT2D eigenvalue weighted by Gasteiger charge is -2.32. The summed E-state index contributed by atoms with van der Waals surface area (Å²) in [6.07, 6.45) is 4.03. The van der Waals surface area contributed by atoms with E-state index < -0.39 is 0 Å². The average molecular weight is 246 g/mol. The largest absolute Gasteiger partial charge is 0.382 e. The highest BCUT2D eigenvalue weighted by Gasteiger charge is 2.23. The highest BCUT2D eigenvalue weighted by molar-refractivity contribution is 5.90. The first kappa shape index (κ1) is 12.9. The molecule has 2 N–H and O–H groups in total. The molecule has 0 saturated heterocycles. The maximum Gasteiger partial charge on any atom is 0.221 e. The van der Waals surface area contributed by atoms with Gasteiger partial charge in [0.25, 0.3) is 0 Å². The molecule has 3 heteroatoms. The molecule has 0 heterocycles. The molecule has 1 aromatic carbocycles. The summed E-state index contributed by atoms with van der Waals surface area (Å²) in [5, 5.41) is 6.40. The van der Waals surface area contributed by atoms with Crippen LogP contribution in [0.1, 0.15) is 38.7 Å². The molecule has 1 aromatic rings. The van der Waals surface area contributed by atoms with Crippen LogP contribution in [0.3, 0.4) is 0 Å². The standard InChI is InChI=1S/C15H22N2O/c1-10-7-8-14(9-15(10)17-12(3)18)16-11(2)13-5-4-6-13/h7-9,11,13,16H,4-6H2,1-3H3,(H,17,18)/t11-/m1/s1. The number of carbonyl (C=O) groups excluding carboxylic acids is 1. The van der Waals surface area contributed by atoms with Gasteiger partial charge in [0, 0.05) is 24.3 Å². The number of aryl methyl sites for hydroxylation is 1. The minimum Gasteiger partial charge on any atom is -0.382 e. The Morgan fingerprint density at radius 2 is 2.11 bits per heavy atom. The molecule has 0 spiro atoms. The van der Waals surface area contributed by atoms with Gasteiger partial charge in [-0.3, -0.25) is 4.79 Å². The van der Waals surface area contributed by atoms with Crippen molar-refractivity contribution in [1.82, 2.24) is 0 Å². The fourth-order valence-electron chi connectivity index (χ4n) is 2.36. The molecule has 1 aliphatic carbocycles. The van der Waals surface area contributed by atoms with Gasteiger partial charge in [0.05, 0.1) is 0 Å². The van der Waals surface area contributed by atoms with E-state index in [-0.39, 0.29) is 5.91 Å². The predicted octanol–water partition coefficient (Wildman–Crippen LogP) is 3.55. The van der Waals surface area contributed by atoms with Crippen molar-refractivity contribution in [1.29, 1.82) is 0 Å². The smallest absolute Gasteiger partial charge is 0.221 e. The summed E-state index contributed by atoms with van der Waals surface area (Å²) in [7, 11) is 0. The van der Waals surface area contributed by atoms with Crippen LogP contribution in [-0.2, 0) is 4.79 Å². The fraction of sp³-hybridized carbons (Fsp3) is 0.533. The molecule has 1 aliphatic rings. The third-order valence-electron chi connectivity index (χ3n) is 3.80. The van der Waals surface area contributed by atoms with Gasteiger partial charge in [0.2, 0.25) is 5.91 Å². The van der Waals surface area contributed by atoms with Gasteiger partial charge in [-0.15, -0.1) is 0 Å². The van der Waals surface area contributed by atoms with Gasteiger partial charge in [-0.25, -0.2) is 0 Å². The summed E-state index contributed by atoms with van der Waals surface area (Å²) in [6.45, 7) is 5.78. The van der Waals surface area contributed by atoms with Gasteiger partial charge in [-0.1, -0.05) is 12.5 Å². The van der Waals surface area contributed by atoms with Crippen molar-refractivity contribution < 1.29 is 4.79 Å². The number of carbonyl (C=O) groups is 1. The number of amides is 1. The number of rotatable bonds is 4. The minimum atomic E-state index is -0.0257. The molecule has 1 fully saturated rings. The van der Waals surface area contributed by atoms with Gasteiger partial charge in [-0.05, 0) is 50.3 Å². The number of nitrogens with one attached hydrogen (secondary N) is 2. The third kappa shape index (κ3) is 3.03. The quantitative estimate of drug-likeness (QED) is 0.853. The van der Waals surface area contributed by atoms with E-state index in [1.54, 1.807) is 0 Å². The topological polar surface area (TPSA) is 41.1 Å². The zero-order valence-corrected chi connectivity index (χ0v) is 11.4. The van der Waals surface area contributed by atoms with Crippen molar-refractivity contribution in [3.8, 4) is 0 Å². The van der Waals surface area contributed by atoms with Gasteiger partial charge in [-0.2, -0.15) is 0 Å². The number of anilines is 2. The lowest BCUT2D eigenvalue weighted by molar-refractivity contribution is -0.114. The Morgan fingerprint density at radius 1 is 1.39 bits per heavy atom. The van der Waals surface area contributed by atoms with Crippen molar-refractivity contribution in [2.75, 3.05) is 10.6 Å². The van der Waals surface area contributed by atoms with Crippen molar-refractivity contribution in [3.05, 3.63) is 23.8 Å². The SMILES string of the molecule is CC(=O)Nc1cc(N[C@H](C)C2CCC2)ccc1C. The molecule has 1 amide bonds. The van der Waals surface area contributed by atoms with Crippen LogP contribution in [0.2, 0.25) is 0 Å². The first-order valence-electron chi connectivity index (χ1n) is 6.71. The summed E-state index contributed by atoms with van der Waals surface area (Å²) in [5.74, 6) is 0.776. The lowest BCUT2D eigenvalue weighted by atomic mass is 9.80. The van der Waals surface area contributed by atoms with E-state index in [4.69, 9.17) is 0 Å². The van der Waals surface area contributed by atoms with E-state index in [0.29, 0.717) is 6.04 Å². The summed E-state index contributed by atoms with van der Waals surface area (Å²) < 4.78 is 0. The maximum absolute atomic E-state index is 11.1. The predicted molar refractivity (Wildman–Crippen MR) is 75.9 cm³/mol. The van der Waals surface area contributed by atoms with Crippen LogP contribution >= 0.6 is 0 Å². The van der Waals surface area contributed by atoms with Crippen LogP contribution in [0.5, 0.6) is 0 Å². The second kappa shape index (κ2) is 5.42. The highest BCUT2D eigenvalue weighted by atomic mass is 16.1. The second-order valence-corrected chi connectivity index (χ2v) is 5.33. The van der Waals surface area contributed by atoms with Crippen LogP contribution in [-0.4, -0.2) is 11.9 Å². The number of hydrogen-bond acceptors (Lipinski definition) is 2. The van der Waals surface area contributed by atoms with E-state index in [1.807, 2.05) is 19.1 Å². The van der Waals surface area contributed by atoms with Gasteiger partial charge in [0.15, 0.2) is 0 Å². The van der Waals surface area contributed by atoms with Crippen LogP contribution in [0.25, 0.3) is 0 Å². The maximum atomic E-state index is 11.1. The zero-order chi connectivity index (χ0) is 13.1. The van der Waals surface area contributed by atoms with E-state index in [9.17, 15) is 4.79 Å². The summed E-state index contributed by atoms with van der Waals surface area (Å²) in [6, 6.07) is 6.65. The molecule has 0 aliphatic heterocycles. The van der Waals surface area contributed by atoms with Gasteiger partial charge in [0.1, 0.15) is 0 Å². The van der Waals surface area contributed by atoms with Crippen molar-refractivity contribution in [2.24, 2.45) is 5.92 Å². The Kier molecular flexibility index (Phi) is 3.90. The molecular formula is C15H22N2O. The molecule has 0 bridgehead atoms. The van der Waals surface area contributed by atoms with E-state index in [0.717, 1.165) is 22.9 Å². The normalized spacial score (nSPS) is 16.8. The van der Waals surface area contributed by atoms with Crippen molar-refractivity contribution in [3.63, 3.8) is 0 Å². The Bertz CT molecular complexity index is 438. The Hall–Kier alpha value is -1.51. The number of hydrogen-bond donors (Lipinski definition) is 2. The van der Waals surface area contributed by atoms with Crippen LogP contribution < -0.4 is 10.6 Å². The molecule has 0 radical (unpaired) electrons. The molecule has 98 valence electrons. The summed E-state index contributed by atoms with van der Waals surface area (Å²) in [4.78, 5) is 11.1. The monoisotopic (exact) mass is 246 g/mol. The Balaban J connectivity index is 2.05. The highest BCUT2D eigenvalue weighted by Crippen LogP contribution is 2.31. The first-order chi connectivity index (χ1) is 8.56. The molecule has 0 unspecified atom stereocenters. The molecule has 18 heavy (non-hydrogen) atoms. The molecule has 1 saturated carbocycles. The third-order valence-corrected chi connectivity index (χ3v) is 3.80. The summed E-state index contributed by atoms with van der Waals surface area (Å²) >= 11 is 0. The summed E-state index contributed by atoms with van der Waals surface area (Å²) in [5.41, 5.74) is 3.07.